The normalized spacial score (nSPS) is 22.2. The molecule has 0 aliphatic carbocycles. The van der Waals surface area contributed by atoms with Crippen LogP contribution in [0, 0.1) is 12.8 Å². The second-order valence-corrected chi connectivity index (χ2v) is 5.92. The van der Waals surface area contributed by atoms with E-state index in [4.69, 9.17) is 9.47 Å². The van der Waals surface area contributed by atoms with Crippen LogP contribution in [0.5, 0.6) is 11.5 Å². The molecule has 0 bridgehead atoms. The summed E-state index contributed by atoms with van der Waals surface area (Å²) in [4.78, 5) is 0. The van der Waals surface area contributed by atoms with Crippen LogP contribution in [0.1, 0.15) is 24.0 Å². The lowest BCUT2D eigenvalue weighted by Gasteiger charge is -2.23. The molecule has 1 N–H and O–H groups in total. The molecule has 1 fully saturated rings. The van der Waals surface area contributed by atoms with Gasteiger partial charge < -0.3 is 14.8 Å². The highest BCUT2D eigenvalue weighted by Gasteiger charge is 2.22. The van der Waals surface area contributed by atoms with Crippen molar-refractivity contribution in [2.24, 2.45) is 5.92 Å². The third kappa shape index (κ3) is 2.24. The van der Waals surface area contributed by atoms with E-state index in [1.165, 1.54) is 22.9 Å². The lowest BCUT2D eigenvalue weighted by Crippen LogP contribution is -2.30. The Morgan fingerprint density at radius 2 is 2.33 bits per heavy atom. The molecule has 0 aromatic heterocycles. The maximum absolute atomic E-state index is 5.51. The summed E-state index contributed by atoms with van der Waals surface area (Å²) < 4.78 is 12.2. The Balaban J connectivity index is 1.85. The van der Waals surface area contributed by atoms with E-state index >= 15 is 0 Å². The number of rotatable bonds is 2. The highest BCUT2D eigenvalue weighted by Crippen LogP contribution is 2.42. The van der Waals surface area contributed by atoms with E-state index in [0.717, 1.165) is 42.5 Å². The molecule has 0 spiro atoms. The summed E-state index contributed by atoms with van der Waals surface area (Å²) in [6.45, 7) is 4.72. The fourth-order valence-corrected chi connectivity index (χ4v) is 3.27. The van der Waals surface area contributed by atoms with Gasteiger partial charge in [0.05, 0.1) is 0 Å². The van der Waals surface area contributed by atoms with Gasteiger partial charge in [0.2, 0.25) is 6.79 Å². The van der Waals surface area contributed by atoms with Gasteiger partial charge in [-0.15, -0.1) is 0 Å². The summed E-state index contributed by atoms with van der Waals surface area (Å²) >= 11 is 3.70. The van der Waals surface area contributed by atoms with E-state index in [1.54, 1.807) is 0 Å². The van der Waals surface area contributed by atoms with Crippen molar-refractivity contribution in [3.63, 3.8) is 0 Å². The number of nitrogens with one attached hydrogen (secondary N) is 1. The Bertz CT molecular complexity index is 456. The number of fused-ring (bicyclic) bond motifs is 1. The van der Waals surface area contributed by atoms with E-state index in [9.17, 15) is 0 Å². The average molecular weight is 312 g/mol. The molecule has 3 nitrogen and oxygen atoms in total. The number of hydrogen-bond donors (Lipinski definition) is 1. The summed E-state index contributed by atoms with van der Waals surface area (Å²) in [5.41, 5.74) is 2.49. The molecule has 4 heteroatoms. The van der Waals surface area contributed by atoms with Crippen LogP contribution in [-0.2, 0) is 6.42 Å². The smallest absolute Gasteiger partial charge is 0.231 e. The van der Waals surface area contributed by atoms with Crippen molar-refractivity contribution in [1.82, 2.24) is 5.32 Å². The molecular formula is C14H18BrNO2. The van der Waals surface area contributed by atoms with Gasteiger partial charge in [0.25, 0.3) is 0 Å². The molecule has 1 aromatic carbocycles. The maximum Gasteiger partial charge on any atom is 0.231 e. The van der Waals surface area contributed by atoms with Crippen molar-refractivity contribution in [3.05, 3.63) is 21.7 Å². The quantitative estimate of drug-likeness (QED) is 0.910. The van der Waals surface area contributed by atoms with Crippen molar-refractivity contribution < 1.29 is 9.47 Å². The van der Waals surface area contributed by atoms with Crippen molar-refractivity contribution in [2.45, 2.75) is 26.2 Å². The summed E-state index contributed by atoms with van der Waals surface area (Å²) in [6.07, 6.45) is 3.70. The number of hydrogen-bond acceptors (Lipinski definition) is 3. The van der Waals surface area contributed by atoms with Crippen LogP contribution in [0.25, 0.3) is 0 Å². The van der Waals surface area contributed by atoms with Gasteiger partial charge in [0.15, 0.2) is 11.5 Å². The number of ether oxygens (including phenoxy) is 2. The Morgan fingerprint density at radius 1 is 1.44 bits per heavy atom. The van der Waals surface area contributed by atoms with Crippen LogP contribution in [-0.4, -0.2) is 19.9 Å². The third-order valence-corrected chi connectivity index (χ3v) is 4.91. The van der Waals surface area contributed by atoms with Crippen LogP contribution in [0.4, 0.5) is 0 Å². The summed E-state index contributed by atoms with van der Waals surface area (Å²) in [7, 11) is 0. The topological polar surface area (TPSA) is 30.5 Å². The molecule has 1 aromatic rings. The van der Waals surface area contributed by atoms with Gasteiger partial charge >= 0.3 is 0 Å². The van der Waals surface area contributed by atoms with Crippen molar-refractivity contribution >= 4 is 15.9 Å². The van der Waals surface area contributed by atoms with Crippen LogP contribution in [0.3, 0.4) is 0 Å². The number of halogens is 1. The standard InChI is InChI=1S/C14H18BrNO2/c1-9-13(15)11(5-10-3-2-4-16-7-10)6-12-14(9)18-8-17-12/h6,10,16H,2-5,7-8H2,1H3. The van der Waals surface area contributed by atoms with Crippen molar-refractivity contribution in [2.75, 3.05) is 19.9 Å². The van der Waals surface area contributed by atoms with Gasteiger partial charge in [-0.05, 0) is 56.8 Å². The minimum atomic E-state index is 0.344. The van der Waals surface area contributed by atoms with Gasteiger partial charge in [-0.3, -0.25) is 0 Å². The largest absolute Gasteiger partial charge is 0.454 e. The molecule has 3 rings (SSSR count). The zero-order chi connectivity index (χ0) is 12.5. The highest BCUT2D eigenvalue weighted by atomic mass is 79.9. The van der Waals surface area contributed by atoms with E-state index in [1.807, 2.05) is 0 Å². The molecule has 2 aliphatic heterocycles. The molecule has 2 heterocycles. The molecule has 98 valence electrons. The zero-order valence-corrected chi connectivity index (χ0v) is 12.2. The number of piperidine rings is 1. The minimum Gasteiger partial charge on any atom is -0.454 e. The molecule has 0 saturated carbocycles. The first-order valence-electron chi connectivity index (χ1n) is 6.54. The lowest BCUT2D eigenvalue weighted by atomic mass is 9.91. The van der Waals surface area contributed by atoms with Crippen LogP contribution >= 0.6 is 15.9 Å². The monoisotopic (exact) mass is 311 g/mol. The van der Waals surface area contributed by atoms with E-state index in [-0.39, 0.29) is 0 Å². The van der Waals surface area contributed by atoms with Crippen LogP contribution < -0.4 is 14.8 Å². The van der Waals surface area contributed by atoms with E-state index in [2.05, 4.69) is 34.2 Å². The zero-order valence-electron chi connectivity index (χ0n) is 10.6. The predicted molar refractivity (Wildman–Crippen MR) is 74.3 cm³/mol. The van der Waals surface area contributed by atoms with E-state index < -0.39 is 0 Å². The second-order valence-electron chi connectivity index (χ2n) is 5.12. The third-order valence-electron chi connectivity index (χ3n) is 3.81. The van der Waals surface area contributed by atoms with E-state index in [0.29, 0.717) is 6.79 Å². The molecular weight excluding hydrogens is 294 g/mol. The van der Waals surface area contributed by atoms with Crippen LogP contribution in [0.15, 0.2) is 10.5 Å². The second kappa shape index (κ2) is 5.10. The minimum absolute atomic E-state index is 0.344. The van der Waals surface area contributed by atoms with Gasteiger partial charge in [0, 0.05) is 10.0 Å². The first kappa shape index (κ1) is 12.3. The Morgan fingerprint density at radius 3 is 3.11 bits per heavy atom. The fraction of sp³-hybridized carbons (Fsp3) is 0.571. The average Bonchev–Trinajstić information content (AvgIpc) is 2.85. The summed E-state index contributed by atoms with van der Waals surface area (Å²) in [5.74, 6) is 2.52. The lowest BCUT2D eigenvalue weighted by molar-refractivity contribution is 0.173. The van der Waals surface area contributed by atoms with Gasteiger partial charge in [-0.25, -0.2) is 0 Å². The predicted octanol–water partition coefficient (Wildman–Crippen LogP) is 3.03. The SMILES string of the molecule is Cc1c(Br)c(CC2CCCNC2)cc2c1OCO2. The summed E-state index contributed by atoms with van der Waals surface area (Å²) in [6, 6.07) is 2.13. The Labute approximate surface area is 116 Å². The van der Waals surface area contributed by atoms with Crippen LogP contribution in [0.2, 0.25) is 0 Å². The molecule has 18 heavy (non-hydrogen) atoms. The fourth-order valence-electron chi connectivity index (χ4n) is 2.81. The Kier molecular flexibility index (Phi) is 3.48. The highest BCUT2D eigenvalue weighted by molar-refractivity contribution is 9.10. The molecule has 1 saturated heterocycles. The first-order valence-corrected chi connectivity index (χ1v) is 7.33. The van der Waals surface area contributed by atoms with Crippen molar-refractivity contribution in [1.29, 1.82) is 0 Å². The van der Waals surface area contributed by atoms with Gasteiger partial charge in [-0.1, -0.05) is 15.9 Å². The molecule has 1 unspecified atom stereocenters. The number of benzene rings is 1. The maximum atomic E-state index is 5.51. The molecule has 2 aliphatic rings. The first-order chi connectivity index (χ1) is 8.75. The molecule has 0 radical (unpaired) electrons. The molecule has 1 atom stereocenters. The molecule has 0 amide bonds. The Hall–Kier alpha value is -0.740. The van der Waals surface area contributed by atoms with Crippen molar-refractivity contribution in [3.8, 4) is 11.5 Å². The summed E-state index contributed by atoms with van der Waals surface area (Å²) in [5, 5.41) is 3.47. The van der Waals surface area contributed by atoms with Gasteiger partial charge in [-0.2, -0.15) is 0 Å². The van der Waals surface area contributed by atoms with Gasteiger partial charge in [0.1, 0.15) is 0 Å².